The Morgan fingerprint density at radius 2 is 1.94 bits per heavy atom. The van der Waals surface area contributed by atoms with Crippen LogP contribution < -0.4 is 0 Å². The Morgan fingerprint density at radius 3 is 2.44 bits per heavy atom. The van der Waals surface area contributed by atoms with Crippen LogP contribution in [0.4, 0.5) is 4.39 Å². The van der Waals surface area contributed by atoms with Gasteiger partial charge in [0.2, 0.25) is 0 Å². The minimum atomic E-state index is -0.447. The monoisotopic (exact) mass is 258 g/mol. The summed E-state index contributed by atoms with van der Waals surface area (Å²) in [6.45, 7) is 3.64. The van der Waals surface area contributed by atoms with Crippen molar-refractivity contribution >= 4 is 23.2 Å². The van der Waals surface area contributed by atoms with E-state index in [1.54, 1.807) is 6.07 Å². The molecule has 1 aromatic heterocycles. The number of aromatic nitrogens is 2. The number of hydrogen-bond donors (Lipinski definition) is 0. The van der Waals surface area contributed by atoms with Crippen LogP contribution in [-0.4, -0.2) is 9.78 Å². The molecular weight excluding hydrogens is 250 g/mol. The second kappa shape index (κ2) is 4.07. The highest BCUT2D eigenvalue weighted by Gasteiger charge is 2.16. The number of aryl methyl sites for hydroxylation is 1. The standard InChI is InChI=1S/C11H9Cl2FN2/c1-6-7(2)15-16(11(6)13)10-8(12)4-3-5-9(10)14/h3-5H,1-2H3. The molecule has 0 aliphatic rings. The van der Waals surface area contributed by atoms with Crippen molar-refractivity contribution in [3.63, 3.8) is 0 Å². The van der Waals surface area contributed by atoms with Gasteiger partial charge in [-0.3, -0.25) is 0 Å². The molecule has 0 aliphatic heterocycles. The van der Waals surface area contributed by atoms with Crippen molar-refractivity contribution < 1.29 is 4.39 Å². The SMILES string of the molecule is Cc1nn(-c2c(F)cccc2Cl)c(Cl)c1C. The van der Waals surface area contributed by atoms with Crippen LogP contribution in [0.2, 0.25) is 10.2 Å². The summed E-state index contributed by atoms with van der Waals surface area (Å²) in [4.78, 5) is 0. The molecule has 5 heteroatoms. The first-order valence-corrected chi connectivity index (χ1v) is 5.44. The lowest BCUT2D eigenvalue weighted by atomic mass is 10.3. The summed E-state index contributed by atoms with van der Waals surface area (Å²) < 4.78 is 15.0. The molecule has 0 saturated carbocycles. The topological polar surface area (TPSA) is 17.8 Å². The zero-order valence-electron chi connectivity index (χ0n) is 8.76. The Kier molecular flexibility index (Phi) is 2.91. The molecule has 0 spiro atoms. The molecule has 2 rings (SSSR count). The number of rotatable bonds is 1. The van der Waals surface area contributed by atoms with Gasteiger partial charge in [0.25, 0.3) is 0 Å². The Labute approximate surface area is 103 Å². The number of halogens is 3. The highest BCUT2D eigenvalue weighted by atomic mass is 35.5. The second-order valence-electron chi connectivity index (χ2n) is 3.48. The van der Waals surface area contributed by atoms with Crippen molar-refractivity contribution in [2.45, 2.75) is 13.8 Å². The molecule has 0 fully saturated rings. The average molecular weight is 259 g/mol. The summed E-state index contributed by atoms with van der Waals surface area (Å²) in [6.07, 6.45) is 0. The third-order valence-corrected chi connectivity index (χ3v) is 3.19. The summed E-state index contributed by atoms with van der Waals surface area (Å²) in [5.74, 6) is -0.447. The third kappa shape index (κ3) is 1.70. The molecule has 84 valence electrons. The van der Waals surface area contributed by atoms with Gasteiger partial charge in [-0.25, -0.2) is 9.07 Å². The van der Waals surface area contributed by atoms with E-state index in [4.69, 9.17) is 23.2 Å². The Bertz CT molecular complexity index is 529. The maximum Gasteiger partial charge on any atom is 0.150 e. The fourth-order valence-electron chi connectivity index (χ4n) is 1.42. The van der Waals surface area contributed by atoms with Crippen LogP contribution in [0.25, 0.3) is 5.69 Å². The molecule has 2 nitrogen and oxygen atoms in total. The van der Waals surface area contributed by atoms with Crippen LogP contribution >= 0.6 is 23.2 Å². The molecule has 0 amide bonds. The van der Waals surface area contributed by atoms with E-state index in [1.165, 1.54) is 16.8 Å². The minimum absolute atomic E-state index is 0.186. The molecule has 0 atom stereocenters. The van der Waals surface area contributed by atoms with Crippen molar-refractivity contribution in [2.24, 2.45) is 0 Å². The third-order valence-electron chi connectivity index (χ3n) is 2.44. The van der Waals surface area contributed by atoms with Crippen molar-refractivity contribution in [3.8, 4) is 5.69 Å². The van der Waals surface area contributed by atoms with Gasteiger partial charge in [0.15, 0.2) is 0 Å². The number of benzene rings is 1. The van der Waals surface area contributed by atoms with E-state index in [2.05, 4.69) is 5.10 Å². The van der Waals surface area contributed by atoms with Gasteiger partial charge in [-0.1, -0.05) is 29.3 Å². The van der Waals surface area contributed by atoms with Crippen molar-refractivity contribution in [1.82, 2.24) is 9.78 Å². The molecule has 0 bridgehead atoms. The largest absolute Gasteiger partial charge is 0.217 e. The van der Waals surface area contributed by atoms with E-state index in [-0.39, 0.29) is 10.7 Å². The van der Waals surface area contributed by atoms with Gasteiger partial charge in [-0.2, -0.15) is 5.10 Å². The molecule has 0 unspecified atom stereocenters. The first kappa shape index (κ1) is 11.4. The maximum absolute atomic E-state index is 13.7. The van der Waals surface area contributed by atoms with Gasteiger partial charge >= 0.3 is 0 Å². The van der Waals surface area contributed by atoms with E-state index in [9.17, 15) is 4.39 Å². The zero-order chi connectivity index (χ0) is 11.9. The first-order chi connectivity index (χ1) is 7.52. The smallest absolute Gasteiger partial charge is 0.150 e. The van der Waals surface area contributed by atoms with E-state index in [1.807, 2.05) is 13.8 Å². The summed E-state index contributed by atoms with van der Waals surface area (Å²) in [7, 11) is 0. The van der Waals surface area contributed by atoms with Crippen molar-refractivity contribution in [3.05, 3.63) is 45.4 Å². The number of nitrogens with zero attached hydrogens (tertiary/aromatic N) is 2. The lowest BCUT2D eigenvalue weighted by molar-refractivity contribution is 0.610. The average Bonchev–Trinajstić information content (AvgIpc) is 2.47. The van der Waals surface area contributed by atoms with E-state index < -0.39 is 5.82 Å². The molecule has 2 aromatic rings. The van der Waals surface area contributed by atoms with Gasteiger partial charge < -0.3 is 0 Å². The van der Waals surface area contributed by atoms with Crippen LogP contribution in [0.15, 0.2) is 18.2 Å². The van der Waals surface area contributed by atoms with Crippen LogP contribution in [0, 0.1) is 19.7 Å². The molecule has 0 saturated heterocycles. The summed E-state index contributed by atoms with van der Waals surface area (Å²) in [5, 5.41) is 4.82. The maximum atomic E-state index is 13.7. The zero-order valence-corrected chi connectivity index (χ0v) is 10.3. The minimum Gasteiger partial charge on any atom is -0.217 e. The lowest BCUT2D eigenvalue weighted by Crippen LogP contribution is -2.01. The highest BCUT2D eigenvalue weighted by molar-refractivity contribution is 6.33. The molecule has 0 radical (unpaired) electrons. The molecule has 16 heavy (non-hydrogen) atoms. The Morgan fingerprint density at radius 1 is 1.25 bits per heavy atom. The van der Waals surface area contributed by atoms with Crippen molar-refractivity contribution in [1.29, 1.82) is 0 Å². The lowest BCUT2D eigenvalue weighted by Gasteiger charge is -2.06. The van der Waals surface area contributed by atoms with E-state index >= 15 is 0 Å². The van der Waals surface area contributed by atoms with Gasteiger partial charge in [-0.15, -0.1) is 0 Å². The van der Waals surface area contributed by atoms with E-state index in [0.717, 1.165) is 11.3 Å². The quantitative estimate of drug-likeness (QED) is 0.758. The van der Waals surface area contributed by atoms with Gasteiger partial charge in [0, 0.05) is 5.56 Å². The molecule has 0 aliphatic carbocycles. The Hall–Kier alpha value is -1.06. The summed E-state index contributed by atoms with van der Waals surface area (Å²) in [6, 6.07) is 4.46. The number of hydrogen-bond acceptors (Lipinski definition) is 1. The Balaban J connectivity index is 2.72. The molecule has 0 N–H and O–H groups in total. The van der Waals surface area contributed by atoms with Crippen LogP contribution in [0.5, 0.6) is 0 Å². The first-order valence-electron chi connectivity index (χ1n) is 4.68. The number of para-hydroxylation sites is 1. The summed E-state index contributed by atoms with van der Waals surface area (Å²) >= 11 is 12.0. The van der Waals surface area contributed by atoms with Gasteiger partial charge in [-0.05, 0) is 26.0 Å². The van der Waals surface area contributed by atoms with E-state index in [0.29, 0.717) is 5.15 Å². The predicted molar refractivity (Wildman–Crippen MR) is 63.0 cm³/mol. The molecular formula is C11H9Cl2FN2. The van der Waals surface area contributed by atoms with Gasteiger partial charge in [0.1, 0.15) is 16.7 Å². The summed E-state index contributed by atoms with van der Waals surface area (Å²) in [5.41, 5.74) is 1.76. The van der Waals surface area contributed by atoms with Crippen molar-refractivity contribution in [2.75, 3.05) is 0 Å². The van der Waals surface area contributed by atoms with Gasteiger partial charge in [0.05, 0.1) is 10.7 Å². The van der Waals surface area contributed by atoms with Crippen LogP contribution in [-0.2, 0) is 0 Å². The highest BCUT2D eigenvalue weighted by Crippen LogP contribution is 2.28. The van der Waals surface area contributed by atoms with Crippen LogP contribution in [0.3, 0.4) is 0 Å². The molecule has 1 aromatic carbocycles. The molecule has 1 heterocycles. The van der Waals surface area contributed by atoms with Crippen LogP contribution in [0.1, 0.15) is 11.3 Å². The second-order valence-corrected chi connectivity index (χ2v) is 4.25. The fraction of sp³-hybridized carbons (Fsp3) is 0.182. The predicted octanol–water partition coefficient (Wildman–Crippen LogP) is 3.94. The normalized spacial score (nSPS) is 10.8. The fourth-order valence-corrected chi connectivity index (χ4v) is 1.92.